The Hall–Kier alpha value is -3.01. The van der Waals surface area contributed by atoms with E-state index in [9.17, 15) is 0 Å². The fourth-order valence-corrected chi connectivity index (χ4v) is 2.78. The molecule has 2 N–H and O–H groups in total. The fraction of sp³-hybridized carbons (Fsp3) is 0.190. The molecule has 0 atom stereocenters. The molecule has 4 heteroatoms. The van der Waals surface area contributed by atoms with Crippen molar-refractivity contribution in [2.24, 2.45) is 0 Å². The molecule has 1 aromatic heterocycles. The second kappa shape index (κ2) is 7.71. The van der Waals surface area contributed by atoms with Crippen molar-refractivity contribution in [1.82, 2.24) is 9.55 Å². The van der Waals surface area contributed by atoms with Gasteiger partial charge in [-0.1, -0.05) is 43.3 Å². The normalized spacial score (nSPS) is 10.6. The Labute approximate surface area is 148 Å². The third kappa shape index (κ3) is 3.74. The van der Waals surface area contributed by atoms with Gasteiger partial charge in [0, 0.05) is 18.5 Å². The second-order valence-electron chi connectivity index (χ2n) is 5.81. The smallest absolute Gasteiger partial charge is 0.132 e. The van der Waals surface area contributed by atoms with Gasteiger partial charge in [0.25, 0.3) is 0 Å². The number of aromatic nitrogens is 2. The molecular formula is C21H23N3O. The van der Waals surface area contributed by atoms with Gasteiger partial charge in [-0.3, -0.25) is 0 Å². The third-order valence-electron chi connectivity index (χ3n) is 4.09. The first-order chi connectivity index (χ1) is 12.2. The van der Waals surface area contributed by atoms with E-state index in [2.05, 4.69) is 18.5 Å². The highest BCUT2D eigenvalue weighted by molar-refractivity contribution is 5.71. The molecule has 0 radical (unpaired) electrons. The first kappa shape index (κ1) is 16.8. The number of benzene rings is 2. The van der Waals surface area contributed by atoms with Crippen LogP contribution in [0.25, 0.3) is 11.3 Å². The Bertz CT molecular complexity index is 836. The molecular weight excluding hydrogens is 310 g/mol. The molecule has 0 aliphatic carbocycles. The van der Waals surface area contributed by atoms with Crippen molar-refractivity contribution in [2.75, 3.05) is 5.73 Å². The van der Waals surface area contributed by atoms with Gasteiger partial charge in [0.05, 0.1) is 0 Å². The van der Waals surface area contributed by atoms with E-state index >= 15 is 0 Å². The third-order valence-corrected chi connectivity index (χ3v) is 4.09. The Morgan fingerprint density at radius 2 is 1.84 bits per heavy atom. The lowest BCUT2D eigenvalue weighted by Crippen LogP contribution is -2.05. The van der Waals surface area contributed by atoms with Gasteiger partial charge in [0.15, 0.2) is 0 Å². The molecule has 1 heterocycles. The summed E-state index contributed by atoms with van der Waals surface area (Å²) in [5.74, 6) is 2.47. The molecule has 3 rings (SSSR count). The molecule has 0 aliphatic rings. The van der Waals surface area contributed by atoms with Gasteiger partial charge in [-0.15, -0.1) is 6.58 Å². The van der Waals surface area contributed by atoms with Gasteiger partial charge in [-0.05, 0) is 29.8 Å². The fourth-order valence-electron chi connectivity index (χ4n) is 2.78. The minimum atomic E-state index is 0.552. The van der Waals surface area contributed by atoms with Crippen LogP contribution in [0, 0.1) is 0 Å². The SMILES string of the molecule is C=CCn1c(CC)nc(-c2ccc(OCc3ccccc3)cc2)c1N. The van der Waals surface area contributed by atoms with E-state index in [0.717, 1.165) is 34.8 Å². The lowest BCUT2D eigenvalue weighted by molar-refractivity contribution is 0.306. The number of nitrogens with zero attached hydrogens (tertiary/aromatic N) is 2. The van der Waals surface area contributed by atoms with Crippen LogP contribution in [0.2, 0.25) is 0 Å². The number of aryl methyl sites for hydroxylation is 1. The second-order valence-corrected chi connectivity index (χ2v) is 5.81. The summed E-state index contributed by atoms with van der Waals surface area (Å²) < 4.78 is 7.83. The standard InChI is InChI=1S/C21H23N3O/c1-3-14-24-19(4-2)23-20(21(24)22)17-10-12-18(13-11-17)25-15-16-8-6-5-7-9-16/h3,5-13H,1,4,14-15,22H2,2H3. The van der Waals surface area contributed by atoms with Crippen molar-refractivity contribution in [3.63, 3.8) is 0 Å². The molecule has 2 aromatic carbocycles. The van der Waals surface area contributed by atoms with Crippen molar-refractivity contribution >= 4 is 5.82 Å². The average molecular weight is 333 g/mol. The number of hydrogen-bond acceptors (Lipinski definition) is 3. The summed E-state index contributed by atoms with van der Waals surface area (Å²) in [7, 11) is 0. The number of ether oxygens (including phenoxy) is 1. The van der Waals surface area contributed by atoms with E-state index < -0.39 is 0 Å². The summed E-state index contributed by atoms with van der Waals surface area (Å²) in [6, 6.07) is 18.0. The summed E-state index contributed by atoms with van der Waals surface area (Å²) in [5, 5.41) is 0. The molecule has 0 saturated carbocycles. The van der Waals surface area contributed by atoms with Crippen LogP contribution in [0.5, 0.6) is 5.75 Å². The number of imidazole rings is 1. The van der Waals surface area contributed by atoms with Crippen LogP contribution >= 0.6 is 0 Å². The van der Waals surface area contributed by atoms with Crippen molar-refractivity contribution in [1.29, 1.82) is 0 Å². The molecule has 3 aromatic rings. The van der Waals surface area contributed by atoms with E-state index in [-0.39, 0.29) is 0 Å². The molecule has 0 aliphatic heterocycles. The van der Waals surface area contributed by atoms with Crippen molar-refractivity contribution < 1.29 is 4.74 Å². The van der Waals surface area contributed by atoms with Crippen LogP contribution in [-0.4, -0.2) is 9.55 Å². The number of rotatable bonds is 7. The number of allylic oxidation sites excluding steroid dienone is 1. The van der Waals surface area contributed by atoms with E-state index in [0.29, 0.717) is 19.0 Å². The van der Waals surface area contributed by atoms with Gasteiger partial charge in [-0.2, -0.15) is 0 Å². The largest absolute Gasteiger partial charge is 0.489 e. The predicted molar refractivity (Wildman–Crippen MR) is 102 cm³/mol. The first-order valence-electron chi connectivity index (χ1n) is 8.45. The number of hydrogen-bond donors (Lipinski definition) is 1. The van der Waals surface area contributed by atoms with E-state index in [1.807, 2.05) is 65.2 Å². The summed E-state index contributed by atoms with van der Waals surface area (Å²) in [4.78, 5) is 4.69. The molecule has 128 valence electrons. The van der Waals surface area contributed by atoms with Gasteiger partial charge in [0.2, 0.25) is 0 Å². The lowest BCUT2D eigenvalue weighted by atomic mass is 10.1. The van der Waals surface area contributed by atoms with Crippen LogP contribution in [-0.2, 0) is 19.6 Å². The Kier molecular flexibility index (Phi) is 5.19. The predicted octanol–water partition coefficient (Wildman–Crippen LogP) is 4.46. The Balaban J connectivity index is 1.77. The summed E-state index contributed by atoms with van der Waals surface area (Å²) in [5.41, 5.74) is 9.24. The highest BCUT2D eigenvalue weighted by Gasteiger charge is 2.14. The van der Waals surface area contributed by atoms with Crippen LogP contribution in [0.4, 0.5) is 5.82 Å². The van der Waals surface area contributed by atoms with Crippen molar-refractivity contribution in [3.8, 4) is 17.0 Å². The molecule has 0 spiro atoms. The number of anilines is 1. The maximum atomic E-state index is 6.29. The van der Waals surface area contributed by atoms with Crippen LogP contribution < -0.4 is 10.5 Å². The molecule has 0 saturated heterocycles. The van der Waals surface area contributed by atoms with Crippen LogP contribution in [0.15, 0.2) is 67.3 Å². The zero-order valence-corrected chi connectivity index (χ0v) is 14.5. The number of nitrogen functional groups attached to an aromatic ring is 1. The van der Waals surface area contributed by atoms with E-state index in [1.165, 1.54) is 0 Å². The Morgan fingerprint density at radius 3 is 2.48 bits per heavy atom. The maximum absolute atomic E-state index is 6.29. The number of nitrogens with two attached hydrogens (primary N) is 1. The molecule has 0 fully saturated rings. The Morgan fingerprint density at radius 1 is 1.12 bits per heavy atom. The summed E-state index contributed by atoms with van der Waals surface area (Å²) >= 11 is 0. The highest BCUT2D eigenvalue weighted by atomic mass is 16.5. The monoisotopic (exact) mass is 333 g/mol. The molecule has 4 nitrogen and oxygen atoms in total. The average Bonchev–Trinajstić information content (AvgIpc) is 2.98. The minimum absolute atomic E-state index is 0.552. The van der Waals surface area contributed by atoms with Crippen LogP contribution in [0.3, 0.4) is 0 Å². The van der Waals surface area contributed by atoms with Gasteiger partial charge in [0.1, 0.15) is 29.7 Å². The topological polar surface area (TPSA) is 53.1 Å². The van der Waals surface area contributed by atoms with Crippen molar-refractivity contribution in [3.05, 3.63) is 78.6 Å². The van der Waals surface area contributed by atoms with Gasteiger partial charge in [-0.25, -0.2) is 4.98 Å². The summed E-state index contributed by atoms with van der Waals surface area (Å²) in [6.07, 6.45) is 2.66. The quantitative estimate of drug-likeness (QED) is 0.650. The molecule has 0 unspecified atom stereocenters. The van der Waals surface area contributed by atoms with Gasteiger partial charge >= 0.3 is 0 Å². The zero-order chi connectivity index (χ0) is 17.6. The highest BCUT2D eigenvalue weighted by Crippen LogP contribution is 2.28. The summed E-state index contributed by atoms with van der Waals surface area (Å²) in [6.45, 7) is 7.08. The van der Waals surface area contributed by atoms with E-state index in [1.54, 1.807) is 0 Å². The van der Waals surface area contributed by atoms with Crippen molar-refractivity contribution in [2.45, 2.75) is 26.5 Å². The molecule has 25 heavy (non-hydrogen) atoms. The van der Waals surface area contributed by atoms with E-state index in [4.69, 9.17) is 10.5 Å². The van der Waals surface area contributed by atoms with Gasteiger partial charge < -0.3 is 15.0 Å². The van der Waals surface area contributed by atoms with Crippen LogP contribution in [0.1, 0.15) is 18.3 Å². The zero-order valence-electron chi connectivity index (χ0n) is 14.5. The lowest BCUT2D eigenvalue weighted by Gasteiger charge is -2.07. The molecule has 0 amide bonds. The minimum Gasteiger partial charge on any atom is -0.489 e. The maximum Gasteiger partial charge on any atom is 0.132 e. The molecule has 0 bridgehead atoms. The first-order valence-corrected chi connectivity index (χ1v) is 8.45.